The van der Waals surface area contributed by atoms with Gasteiger partial charge in [0.2, 0.25) is 0 Å². The summed E-state index contributed by atoms with van der Waals surface area (Å²) in [6.45, 7) is 7.66. The summed E-state index contributed by atoms with van der Waals surface area (Å²) >= 11 is 0. The lowest BCUT2D eigenvalue weighted by molar-refractivity contribution is -0.133. The van der Waals surface area contributed by atoms with E-state index < -0.39 is 0 Å². The number of hydrogen-bond donors (Lipinski definition) is 1. The molecular weight excluding hydrogens is 369 g/mol. The van der Waals surface area contributed by atoms with E-state index in [1.807, 2.05) is 33.0 Å². The molecule has 0 spiro atoms. The van der Waals surface area contributed by atoms with Gasteiger partial charge in [0.15, 0.2) is 5.82 Å². The van der Waals surface area contributed by atoms with Gasteiger partial charge < -0.3 is 15.0 Å². The molecule has 0 aliphatic carbocycles. The number of nitrogens with one attached hydrogen (secondary N) is 1. The van der Waals surface area contributed by atoms with Crippen LogP contribution < -0.4 is 10.2 Å². The van der Waals surface area contributed by atoms with E-state index in [0.29, 0.717) is 18.0 Å². The second-order valence-electron chi connectivity index (χ2n) is 8.11. The molecule has 3 saturated heterocycles. The number of benzene rings is 1. The first-order chi connectivity index (χ1) is 14.0. The first kappa shape index (κ1) is 18.2. The molecule has 3 atom stereocenters. The molecule has 2 aromatic heterocycles. The Labute approximate surface area is 169 Å². The number of pyridine rings is 1. The Bertz CT molecular complexity index is 1070. The zero-order valence-electron chi connectivity index (χ0n) is 16.8. The van der Waals surface area contributed by atoms with Gasteiger partial charge in [0.1, 0.15) is 11.6 Å². The van der Waals surface area contributed by atoms with Crippen LogP contribution in [0.15, 0.2) is 30.5 Å². The highest BCUT2D eigenvalue weighted by Gasteiger charge is 2.38. The Balaban J connectivity index is 1.49. The summed E-state index contributed by atoms with van der Waals surface area (Å²) < 4.78 is 19.2. The van der Waals surface area contributed by atoms with Gasteiger partial charge in [-0.05, 0) is 50.1 Å². The van der Waals surface area contributed by atoms with E-state index >= 15 is 0 Å². The van der Waals surface area contributed by atoms with Crippen LogP contribution in [0.4, 0.5) is 16.0 Å². The Hall–Kier alpha value is -2.80. The number of ether oxygens (including phenoxy) is 1. The normalized spacial score (nSPS) is 21.7. The van der Waals surface area contributed by atoms with Gasteiger partial charge in [-0.2, -0.15) is 5.10 Å². The smallest absolute Gasteiger partial charge is 0.157 e. The zero-order valence-corrected chi connectivity index (χ0v) is 16.8. The van der Waals surface area contributed by atoms with Crippen LogP contribution in [-0.4, -0.2) is 40.5 Å². The molecule has 1 N–H and O–H groups in total. The molecule has 0 saturated carbocycles. The van der Waals surface area contributed by atoms with Crippen LogP contribution in [0.1, 0.15) is 36.2 Å². The SMILES string of the molecule is Cc1cc(F)ccc1[C@@H](C)Nc1nnc(C)c2cnc(N3CC4CC(C3)O4)cc12. The molecule has 6 rings (SSSR count). The van der Waals surface area contributed by atoms with Gasteiger partial charge in [-0.25, -0.2) is 9.37 Å². The number of rotatable bonds is 4. The fourth-order valence-electron chi connectivity index (χ4n) is 4.39. The largest absolute Gasteiger partial charge is 0.371 e. The minimum Gasteiger partial charge on any atom is -0.371 e. The number of fused-ring (bicyclic) bond motifs is 3. The molecular formula is C22H24FN5O. The standard InChI is InChI=1S/C22H24FN5O/c1-12-6-15(23)4-5-18(12)13(2)25-22-19-8-21(24-9-20(19)14(3)26-27-22)28-10-16-7-17(11-28)29-16/h4-6,8-9,13,16-17H,7,10-11H2,1-3H3,(H,25,27)/t13-,16?,17?/m1/s1. The molecule has 2 bridgehead atoms. The van der Waals surface area contributed by atoms with Crippen molar-refractivity contribution in [2.24, 2.45) is 0 Å². The van der Waals surface area contributed by atoms with Crippen LogP contribution in [0.25, 0.3) is 10.8 Å². The minimum absolute atomic E-state index is 0.0385. The Morgan fingerprint density at radius 1 is 1.14 bits per heavy atom. The molecule has 3 fully saturated rings. The van der Waals surface area contributed by atoms with Crippen molar-refractivity contribution in [3.05, 3.63) is 53.1 Å². The molecule has 150 valence electrons. The van der Waals surface area contributed by atoms with E-state index in [9.17, 15) is 4.39 Å². The van der Waals surface area contributed by atoms with E-state index in [4.69, 9.17) is 4.74 Å². The van der Waals surface area contributed by atoms with Crippen molar-refractivity contribution in [1.29, 1.82) is 0 Å². The second kappa shape index (κ2) is 6.91. The Morgan fingerprint density at radius 2 is 1.90 bits per heavy atom. The lowest BCUT2D eigenvalue weighted by Gasteiger charge is -2.47. The number of aryl methyl sites for hydroxylation is 2. The number of piperidine rings is 1. The first-order valence-electron chi connectivity index (χ1n) is 10.0. The molecule has 0 amide bonds. The highest BCUT2D eigenvalue weighted by Crippen LogP contribution is 2.33. The Kier molecular flexibility index (Phi) is 4.35. The summed E-state index contributed by atoms with van der Waals surface area (Å²) in [5.41, 5.74) is 2.79. The fourth-order valence-corrected chi connectivity index (χ4v) is 4.39. The third-order valence-corrected chi connectivity index (χ3v) is 5.97. The maximum absolute atomic E-state index is 13.5. The lowest BCUT2D eigenvalue weighted by Crippen LogP contribution is -2.57. The number of aromatic nitrogens is 3. The number of nitrogens with zero attached hydrogens (tertiary/aromatic N) is 4. The zero-order chi connectivity index (χ0) is 20.1. The lowest BCUT2D eigenvalue weighted by atomic mass is 9.98. The number of halogens is 1. The van der Waals surface area contributed by atoms with Crippen molar-refractivity contribution in [1.82, 2.24) is 15.2 Å². The van der Waals surface area contributed by atoms with Crippen LogP contribution in [-0.2, 0) is 4.74 Å². The maximum Gasteiger partial charge on any atom is 0.157 e. The monoisotopic (exact) mass is 393 g/mol. The van der Waals surface area contributed by atoms with Crippen LogP contribution >= 0.6 is 0 Å². The maximum atomic E-state index is 13.5. The minimum atomic E-state index is -0.224. The third kappa shape index (κ3) is 3.29. The van der Waals surface area contributed by atoms with E-state index in [2.05, 4.69) is 31.5 Å². The summed E-state index contributed by atoms with van der Waals surface area (Å²) in [5, 5.41) is 14.2. The molecule has 29 heavy (non-hydrogen) atoms. The predicted molar refractivity (Wildman–Crippen MR) is 111 cm³/mol. The highest BCUT2D eigenvalue weighted by molar-refractivity contribution is 5.94. The van der Waals surface area contributed by atoms with Crippen molar-refractivity contribution in [3.8, 4) is 0 Å². The third-order valence-electron chi connectivity index (χ3n) is 5.97. The van der Waals surface area contributed by atoms with Crippen molar-refractivity contribution in [2.75, 3.05) is 23.3 Å². The molecule has 7 heteroatoms. The molecule has 5 heterocycles. The number of hydrogen-bond acceptors (Lipinski definition) is 6. The second-order valence-corrected chi connectivity index (χ2v) is 8.11. The molecule has 3 aliphatic heterocycles. The summed E-state index contributed by atoms with van der Waals surface area (Å²) in [7, 11) is 0. The topological polar surface area (TPSA) is 63.2 Å². The van der Waals surface area contributed by atoms with Crippen molar-refractivity contribution >= 4 is 22.4 Å². The first-order valence-corrected chi connectivity index (χ1v) is 10.0. The molecule has 1 aromatic carbocycles. The van der Waals surface area contributed by atoms with Gasteiger partial charge in [0, 0.05) is 36.5 Å². The van der Waals surface area contributed by atoms with Crippen LogP contribution in [0.5, 0.6) is 0 Å². The van der Waals surface area contributed by atoms with Crippen LogP contribution in [0.3, 0.4) is 0 Å². The van der Waals surface area contributed by atoms with E-state index in [-0.39, 0.29) is 11.9 Å². The summed E-state index contributed by atoms with van der Waals surface area (Å²) in [4.78, 5) is 6.97. The summed E-state index contributed by atoms with van der Waals surface area (Å²) in [6, 6.07) is 6.92. The average molecular weight is 393 g/mol. The average Bonchev–Trinajstić information content (AvgIpc) is 2.69. The van der Waals surface area contributed by atoms with Gasteiger partial charge in [0.25, 0.3) is 0 Å². The van der Waals surface area contributed by atoms with E-state index in [0.717, 1.165) is 52.9 Å². The van der Waals surface area contributed by atoms with Gasteiger partial charge >= 0.3 is 0 Å². The summed E-state index contributed by atoms with van der Waals surface area (Å²) in [6.07, 6.45) is 3.68. The van der Waals surface area contributed by atoms with Gasteiger partial charge in [0.05, 0.1) is 23.9 Å². The van der Waals surface area contributed by atoms with Gasteiger partial charge in [-0.15, -0.1) is 5.10 Å². The van der Waals surface area contributed by atoms with Crippen molar-refractivity contribution in [2.45, 2.75) is 45.4 Å². The van der Waals surface area contributed by atoms with Crippen molar-refractivity contribution in [3.63, 3.8) is 0 Å². The Morgan fingerprint density at radius 3 is 2.62 bits per heavy atom. The van der Waals surface area contributed by atoms with Gasteiger partial charge in [-0.1, -0.05) is 6.07 Å². The molecule has 6 nitrogen and oxygen atoms in total. The predicted octanol–water partition coefficient (Wildman–Crippen LogP) is 3.93. The van der Waals surface area contributed by atoms with E-state index in [1.54, 1.807) is 6.07 Å². The van der Waals surface area contributed by atoms with E-state index in [1.165, 1.54) is 6.07 Å². The molecule has 3 aliphatic rings. The summed E-state index contributed by atoms with van der Waals surface area (Å²) in [5.74, 6) is 1.43. The molecule has 2 unspecified atom stereocenters. The quantitative estimate of drug-likeness (QED) is 0.725. The molecule has 3 aromatic rings. The van der Waals surface area contributed by atoms with Crippen molar-refractivity contribution < 1.29 is 9.13 Å². The number of anilines is 2. The highest BCUT2D eigenvalue weighted by atomic mass is 19.1. The fraction of sp³-hybridized carbons (Fsp3) is 0.409. The molecule has 0 radical (unpaired) electrons. The van der Waals surface area contributed by atoms with Gasteiger partial charge in [-0.3, -0.25) is 0 Å². The van der Waals surface area contributed by atoms with Crippen LogP contribution in [0.2, 0.25) is 0 Å². The number of morpholine rings is 1. The van der Waals surface area contributed by atoms with Crippen LogP contribution in [0, 0.1) is 19.7 Å².